The van der Waals surface area contributed by atoms with Crippen LogP contribution < -0.4 is 0 Å². The first-order chi connectivity index (χ1) is 9.49. The summed E-state index contributed by atoms with van der Waals surface area (Å²) in [6.07, 6.45) is 3.26. The van der Waals surface area contributed by atoms with Crippen molar-refractivity contribution in [3.63, 3.8) is 0 Å². The van der Waals surface area contributed by atoms with Crippen LogP contribution in [-0.2, 0) is 4.79 Å². The lowest BCUT2D eigenvalue weighted by Crippen LogP contribution is -2.42. The summed E-state index contributed by atoms with van der Waals surface area (Å²) >= 11 is 0. The number of likely N-dealkylation sites (tertiary alicyclic amines) is 1. The first kappa shape index (κ1) is 13.9. The van der Waals surface area contributed by atoms with Crippen molar-refractivity contribution in [3.05, 3.63) is 23.8 Å². The standard InChI is InChI=1S/C12H13N3O5/c16-10(8-4-14-9(5-13-8)12(19)20)15-3-1-2-7(6-15)11(17)18/h4-5,7H,1-3,6H2,(H,17,18)(H,19,20). The number of rotatable bonds is 3. The molecule has 8 nitrogen and oxygen atoms in total. The number of carboxylic acids is 2. The predicted octanol–water partition coefficient (Wildman–Crippen LogP) is 0.112. The average molecular weight is 279 g/mol. The molecule has 0 aromatic carbocycles. The molecule has 0 radical (unpaired) electrons. The zero-order valence-corrected chi connectivity index (χ0v) is 10.5. The molecule has 1 aliphatic rings. The molecule has 1 aliphatic heterocycles. The molecule has 0 bridgehead atoms. The van der Waals surface area contributed by atoms with Gasteiger partial charge in [-0.25, -0.2) is 14.8 Å². The summed E-state index contributed by atoms with van der Waals surface area (Å²) in [4.78, 5) is 42.5. The Labute approximate surface area is 114 Å². The maximum absolute atomic E-state index is 12.1. The van der Waals surface area contributed by atoms with Crippen LogP contribution in [-0.4, -0.2) is 56.0 Å². The molecule has 8 heteroatoms. The number of hydrogen-bond donors (Lipinski definition) is 2. The molecule has 20 heavy (non-hydrogen) atoms. The molecule has 0 spiro atoms. The molecule has 1 amide bonds. The highest BCUT2D eigenvalue weighted by atomic mass is 16.4. The third kappa shape index (κ3) is 2.90. The lowest BCUT2D eigenvalue weighted by atomic mass is 9.98. The van der Waals surface area contributed by atoms with Crippen LogP contribution in [0.3, 0.4) is 0 Å². The van der Waals surface area contributed by atoms with E-state index in [0.29, 0.717) is 19.4 Å². The summed E-state index contributed by atoms with van der Waals surface area (Å²) < 4.78 is 0. The van der Waals surface area contributed by atoms with E-state index in [1.807, 2.05) is 0 Å². The molecule has 2 rings (SSSR count). The van der Waals surface area contributed by atoms with Gasteiger partial charge >= 0.3 is 11.9 Å². The maximum atomic E-state index is 12.1. The fraction of sp³-hybridized carbons (Fsp3) is 0.417. The van der Waals surface area contributed by atoms with Gasteiger partial charge in [-0.1, -0.05) is 0 Å². The number of piperidine rings is 1. The molecule has 1 aromatic rings. The molecule has 1 saturated heterocycles. The van der Waals surface area contributed by atoms with Gasteiger partial charge in [-0.3, -0.25) is 9.59 Å². The summed E-state index contributed by atoms with van der Waals surface area (Å²) in [5.74, 6) is -3.14. The van der Waals surface area contributed by atoms with Crippen LogP contribution in [0.5, 0.6) is 0 Å². The van der Waals surface area contributed by atoms with Crippen molar-refractivity contribution in [2.45, 2.75) is 12.8 Å². The minimum absolute atomic E-state index is 0.0149. The van der Waals surface area contributed by atoms with Gasteiger partial charge in [0.05, 0.1) is 18.3 Å². The lowest BCUT2D eigenvalue weighted by molar-refractivity contribution is -0.143. The number of carboxylic acid groups (broad SMARTS) is 2. The van der Waals surface area contributed by atoms with Crippen LogP contribution in [0.1, 0.15) is 33.8 Å². The second-order valence-corrected chi connectivity index (χ2v) is 4.52. The van der Waals surface area contributed by atoms with Gasteiger partial charge in [0.25, 0.3) is 5.91 Å². The molecular weight excluding hydrogens is 266 g/mol. The number of nitrogens with zero attached hydrogens (tertiary/aromatic N) is 3. The Morgan fingerprint density at radius 2 is 1.80 bits per heavy atom. The highest BCUT2D eigenvalue weighted by Crippen LogP contribution is 2.18. The van der Waals surface area contributed by atoms with Gasteiger partial charge in [-0.15, -0.1) is 0 Å². The van der Waals surface area contributed by atoms with Crippen LogP contribution in [0, 0.1) is 5.92 Å². The number of amides is 1. The van der Waals surface area contributed by atoms with Crippen LogP contribution in [0.4, 0.5) is 0 Å². The quantitative estimate of drug-likeness (QED) is 0.805. The summed E-state index contributed by atoms with van der Waals surface area (Å²) in [6, 6.07) is 0. The Morgan fingerprint density at radius 3 is 2.35 bits per heavy atom. The van der Waals surface area contributed by atoms with Crippen molar-refractivity contribution in [1.29, 1.82) is 0 Å². The topological polar surface area (TPSA) is 121 Å². The highest BCUT2D eigenvalue weighted by molar-refractivity contribution is 5.93. The Morgan fingerprint density at radius 1 is 1.15 bits per heavy atom. The van der Waals surface area contributed by atoms with E-state index in [4.69, 9.17) is 10.2 Å². The molecule has 0 saturated carbocycles. The Hall–Kier alpha value is -2.51. The maximum Gasteiger partial charge on any atom is 0.356 e. The number of aromatic nitrogens is 2. The first-order valence-electron chi connectivity index (χ1n) is 6.06. The van der Waals surface area contributed by atoms with Crippen LogP contribution in [0.25, 0.3) is 0 Å². The largest absolute Gasteiger partial charge is 0.481 e. The van der Waals surface area contributed by atoms with Gasteiger partial charge in [-0.2, -0.15) is 0 Å². The lowest BCUT2D eigenvalue weighted by Gasteiger charge is -2.30. The average Bonchev–Trinajstić information content (AvgIpc) is 2.46. The summed E-state index contributed by atoms with van der Waals surface area (Å²) in [5, 5.41) is 17.7. The van der Waals surface area contributed by atoms with E-state index in [1.165, 1.54) is 4.90 Å². The molecule has 1 aromatic heterocycles. The zero-order chi connectivity index (χ0) is 14.7. The molecule has 2 N–H and O–H groups in total. The van der Waals surface area contributed by atoms with E-state index < -0.39 is 23.8 Å². The minimum Gasteiger partial charge on any atom is -0.481 e. The van der Waals surface area contributed by atoms with Crippen molar-refractivity contribution in [2.75, 3.05) is 13.1 Å². The van der Waals surface area contributed by atoms with Crippen molar-refractivity contribution in [2.24, 2.45) is 5.92 Å². The molecular formula is C12H13N3O5. The van der Waals surface area contributed by atoms with E-state index in [2.05, 4.69) is 9.97 Å². The van der Waals surface area contributed by atoms with E-state index >= 15 is 0 Å². The molecule has 1 atom stereocenters. The normalized spacial score (nSPS) is 18.6. The first-order valence-corrected chi connectivity index (χ1v) is 6.06. The van der Waals surface area contributed by atoms with E-state index in [0.717, 1.165) is 12.4 Å². The van der Waals surface area contributed by atoms with Gasteiger partial charge in [0.1, 0.15) is 5.69 Å². The van der Waals surface area contributed by atoms with Gasteiger partial charge < -0.3 is 15.1 Å². The second kappa shape index (κ2) is 5.64. The zero-order valence-electron chi connectivity index (χ0n) is 10.5. The highest BCUT2D eigenvalue weighted by Gasteiger charge is 2.29. The van der Waals surface area contributed by atoms with Gasteiger partial charge in [0, 0.05) is 13.1 Å². The number of carbonyl (C=O) groups excluding carboxylic acids is 1. The SMILES string of the molecule is O=C(O)c1cnc(C(=O)N2CCCC(C(=O)O)C2)cn1. The van der Waals surface area contributed by atoms with Gasteiger partial charge in [0.15, 0.2) is 5.69 Å². The summed E-state index contributed by atoms with van der Waals surface area (Å²) in [6.45, 7) is 0.599. The predicted molar refractivity (Wildman–Crippen MR) is 65.3 cm³/mol. The number of aliphatic carboxylic acids is 1. The molecule has 1 fully saturated rings. The summed E-state index contributed by atoms with van der Waals surface area (Å²) in [7, 11) is 0. The van der Waals surface area contributed by atoms with E-state index in [9.17, 15) is 14.4 Å². The molecule has 0 aliphatic carbocycles. The minimum atomic E-state index is -1.22. The Bertz CT molecular complexity index is 543. The second-order valence-electron chi connectivity index (χ2n) is 4.52. The van der Waals surface area contributed by atoms with Crippen LogP contribution >= 0.6 is 0 Å². The van der Waals surface area contributed by atoms with Gasteiger partial charge in [-0.05, 0) is 12.8 Å². The van der Waals surface area contributed by atoms with E-state index in [-0.39, 0.29) is 17.9 Å². The number of carbonyl (C=O) groups is 3. The third-order valence-electron chi connectivity index (χ3n) is 3.15. The number of hydrogen-bond acceptors (Lipinski definition) is 5. The van der Waals surface area contributed by atoms with Crippen molar-refractivity contribution in [3.8, 4) is 0 Å². The fourth-order valence-electron chi connectivity index (χ4n) is 2.07. The van der Waals surface area contributed by atoms with Crippen molar-refractivity contribution >= 4 is 17.8 Å². The number of aromatic carboxylic acids is 1. The third-order valence-corrected chi connectivity index (χ3v) is 3.15. The van der Waals surface area contributed by atoms with Crippen molar-refractivity contribution in [1.82, 2.24) is 14.9 Å². The molecule has 1 unspecified atom stereocenters. The smallest absolute Gasteiger partial charge is 0.356 e. The Balaban J connectivity index is 2.10. The molecule has 2 heterocycles. The van der Waals surface area contributed by atoms with E-state index in [1.54, 1.807) is 0 Å². The fourth-order valence-corrected chi connectivity index (χ4v) is 2.07. The van der Waals surface area contributed by atoms with Gasteiger partial charge in [0.2, 0.25) is 0 Å². The molecule has 106 valence electrons. The van der Waals surface area contributed by atoms with Crippen molar-refractivity contribution < 1.29 is 24.6 Å². The summed E-state index contributed by atoms with van der Waals surface area (Å²) in [5.41, 5.74) is -0.232. The monoisotopic (exact) mass is 279 g/mol. The van der Waals surface area contributed by atoms with Crippen LogP contribution in [0.2, 0.25) is 0 Å². The Kier molecular flexibility index (Phi) is 3.92. The van der Waals surface area contributed by atoms with Crippen LogP contribution in [0.15, 0.2) is 12.4 Å².